The molecule has 0 aliphatic heterocycles. The second kappa shape index (κ2) is 7.16. The number of hydrogen-bond acceptors (Lipinski definition) is 2. The zero-order valence-electron chi connectivity index (χ0n) is 11.1. The van der Waals surface area contributed by atoms with Crippen molar-refractivity contribution in [3.63, 3.8) is 0 Å². The van der Waals surface area contributed by atoms with Gasteiger partial charge < -0.3 is 10.1 Å². The van der Waals surface area contributed by atoms with Crippen LogP contribution in [0.1, 0.15) is 6.92 Å². The summed E-state index contributed by atoms with van der Waals surface area (Å²) in [6.45, 7) is 1.66. The van der Waals surface area contributed by atoms with Gasteiger partial charge in [0, 0.05) is 4.47 Å². The van der Waals surface area contributed by atoms with E-state index in [1.165, 1.54) is 0 Å². The van der Waals surface area contributed by atoms with Gasteiger partial charge in [-0.15, -0.1) is 0 Å². The number of ether oxygens (including phenoxy) is 1. The van der Waals surface area contributed by atoms with E-state index < -0.39 is 6.10 Å². The fourth-order valence-electron chi connectivity index (χ4n) is 1.63. The third kappa shape index (κ3) is 4.37. The van der Waals surface area contributed by atoms with E-state index in [2.05, 4.69) is 21.2 Å². The van der Waals surface area contributed by atoms with Crippen LogP contribution in [-0.4, -0.2) is 12.0 Å². The van der Waals surface area contributed by atoms with Gasteiger partial charge in [-0.1, -0.05) is 51.3 Å². The maximum absolute atomic E-state index is 12.1. The van der Waals surface area contributed by atoms with Gasteiger partial charge in [0.15, 0.2) is 6.10 Å². The van der Waals surface area contributed by atoms with Gasteiger partial charge in [0.05, 0.1) is 15.7 Å². The van der Waals surface area contributed by atoms with Gasteiger partial charge in [-0.05, 0) is 37.3 Å². The van der Waals surface area contributed by atoms with Crippen molar-refractivity contribution in [1.82, 2.24) is 0 Å². The van der Waals surface area contributed by atoms with Crippen molar-refractivity contribution in [2.75, 3.05) is 5.32 Å². The minimum Gasteiger partial charge on any atom is -0.481 e. The van der Waals surface area contributed by atoms with Crippen LogP contribution in [0.15, 0.2) is 46.9 Å². The highest BCUT2D eigenvalue weighted by molar-refractivity contribution is 9.10. The standard InChI is InChI=1S/C15H12BrCl2NO2/c1-9(21-11-5-2-4-10(16)8-11)15(20)19-13-7-3-6-12(17)14(13)18/h2-9H,1H3,(H,19,20). The molecule has 110 valence electrons. The fraction of sp³-hybridized carbons (Fsp3) is 0.133. The number of carbonyl (C=O) groups is 1. The third-order valence-corrected chi connectivity index (χ3v) is 4.00. The summed E-state index contributed by atoms with van der Waals surface area (Å²) in [5, 5.41) is 3.39. The summed E-state index contributed by atoms with van der Waals surface area (Å²) < 4.78 is 6.46. The van der Waals surface area contributed by atoms with Crippen molar-refractivity contribution >= 4 is 50.7 Å². The van der Waals surface area contributed by atoms with E-state index in [1.807, 2.05) is 12.1 Å². The largest absolute Gasteiger partial charge is 0.481 e. The molecule has 0 bridgehead atoms. The van der Waals surface area contributed by atoms with Crippen LogP contribution in [0.5, 0.6) is 5.75 Å². The molecular formula is C15H12BrCl2NO2. The van der Waals surface area contributed by atoms with Gasteiger partial charge >= 0.3 is 0 Å². The Labute approximate surface area is 141 Å². The topological polar surface area (TPSA) is 38.3 Å². The first-order chi connectivity index (χ1) is 9.97. The Morgan fingerprint density at radius 2 is 1.95 bits per heavy atom. The molecule has 1 amide bonds. The Morgan fingerprint density at radius 1 is 1.24 bits per heavy atom. The molecule has 0 heterocycles. The summed E-state index contributed by atoms with van der Waals surface area (Å²) in [4.78, 5) is 12.1. The smallest absolute Gasteiger partial charge is 0.265 e. The van der Waals surface area contributed by atoms with Crippen molar-refractivity contribution in [2.24, 2.45) is 0 Å². The summed E-state index contributed by atoms with van der Waals surface area (Å²) in [7, 11) is 0. The molecule has 0 aliphatic carbocycles. The van der Waals surface area contributed by atoms with Gasteiger partial charge in [-0.3, -0.25) is 4.79 Å². The second-order valence-corrected chi connectivity index (χ2v) is 6.01. The van der Waals surface area contributed by atoms with E-state index in [1.54, 1.807) is 37.3 Å². The first-order valence-corrected chi connectivity index (χ1v) is 7.69. The summed E-state index contributed by atoms with van der Waals surface area (Å²) >= 11 is 15.3. The van der Waals surface area contributed by atoms with E-state index in [9.17, 15) is 4.79 Å². The molecule has 0 spiro atoms. The lowest BCUT2D eigenvalue weighted by Crippen LogP contribution is -2.30. The number of nitrogens with one attached hydrogen (secondary N) is 1. The van der Waals surface area contributed by atoms with Crippen LogP contribution in [-0.2, 0) is 4.79 Å². The number of amides is 1. The molecule has 0 saturated heterocycles. The summed E-state index contributed by atoms with van der Waals surface area (Å²) in [6.07, 6.45) is -0.672. The van der Waals surface area contributed by atoms with Crippen LogP contribution in [0, 0.1) is 0 Å². The van der Waals surface area contributed by atoms with Gasteiger partial charge in [-0.25, -0.2) is 0 Å². The average molecular weight is 389 g/mol. The number of benzene rings is 2. The minimum absolute atomic E-state index is 0.306. The Balaban J connectivity index is 2.04. The van der Waals surface area contributed by atoms with Crippen molar-refractivity contribution in [2.45, 2.75) is 13.0 Å². The molecule has 6 heteroatoms. The Bertz CT molecular complexity index is 664. The Hall–Kier alpha value is -1.23. The predicted molar refractivity (Wildman–Crippen MR) is 89.3 cm³/mol. The molecule has 0 aromatic heterocycles. The van der Waals surface area contributed by atoms with Crippen LogP contribution in [0.2, 0.25) is 10.0 Å². The molecular weight excluding hydrogens is 377 g/mol. The molecule has 1 unspecified atom stereocenters. The first kappa shape index (κ1) is 16.1. The SMILES string of the molecule is CC(Oc1cccc(Br)c1)C(=O)Nc1cccc(Cl)c1Cl. The number of rotatable bonds is 4. The predicted octanol–water partition coefficient (Wildman–Crippen LogP) is 5.16. The number of hydrogen-bond donors (Lipinski definition) is 1. The molecule has 0 saturated carbocycles. The molecule has 1 N–H and O–H groups in total. The lowest BCUT2D eigenvalue weighted by Gasteiger charge is -2.15. The Morgan fingerprint density at radius 3 is 2.67 bits per heavy atom. The minimum atomic E-state index is -0.672. The van der Waals surface area contributed by atoms with Gasteiger partial charge in [0.1, 0.15) is 5.75 Å². The summed E-state index contributed by atoms with van der Waals surface area (Å²) in [5.41, 5.74) is 0.457. The molecule has 21 heavy (non-hydrogen) atoms. The number of anilines is 1. The third-order valence-electron chi connectivity index (χ3n) is 2.69. The summed E-state index contributed by atoms with van der Waals surface area (Å²) in [6, 6.07) is 12.3. The molecule has 1 atom stereocenters. The molecule has 2 aromatic carbocycles. The van der Waals surface area contributed by atoms with E-state index in [-0.39, 0.29) is 5.91 Å². The van der Waals surface area contributed by atoms with Crippen molar-refractivity contribution in [3.8, 4) is 5.75 Å². The molecule has 3 nitrogen and oxygen atoms in total. The molecule has 0 aliphatic rings. The lowest BCUT2D eigenvalue weighted by molar-refractivity contribution is -0.122. The highest BCUT2D eigenvalue weighted by atomic mass is 79.9. The van der Waals surface area contributed by atoms with Gasteiger partial charge in [-0.2, -0.15) is 0 Å². The molecule has 0 radical (unpaired) electrons. The van der Waals surface area contributed by atoms with E-state index in [0.29, 0.717) is 21.5 Å². The second-order valence-electron chi connectivity index (χ2n) is 4.31. The normalized spacial score (nSPS) is 11.8. The molecule has 0 fully saturated rings. The zero-order valence-corrected chi connectivity index (χ0v) is 14.2. The summed E-state index contributed by atoms with van der Waals surface area (Å²) in [5.74, 6) is 0.295. The maximum Gasteiger partial charge on any atom is 0.265 e. The van der Waals surface area contributed by atoms with Crippen molar-refractivity contribution in [1.29, 1.82) is 0 Å². The van der Waals surface area contributed by atoms with E-state index in [4.69, 9.17) is 27.9 Å². The number of carbonyl (C=O) groups excluding carboxylic acids is 1. The van der Waals surface area contributed by atoms with Crippen LogP contribution < -0.4 is 10.1 Å². The average Bonchev–Trinajstić information content (AvgIpc) is 2.44. The van der Waals surface area contributed by atoms with Crippen LogP contribution in [0.25, 0.3) is 0 Å². The van der Waals surface area contributed by atoms with Crippen LogP contribution in [0.4, 0.5) is 5.69 Å². The number of halogens is 3. The van der Waals surface area contributed by atoms with Gasteiger partial charge in [0.2, 0.25) is 0 Å². The highest BCUT2D eigenvalue weighted by Crippen LogP contribution is 2.29. The fourth-order valence-corrected chi connectivity index (χ4v) is 2.36. The van der Waals surface area contributed by atoms with Crippen LogP contribution >= 0.6 is 39.1 Å². The Kier molecular flexibility index (Phi) is 5.51. The van der Waals surface area contributed by atoms with Crippen LogP contribution in [0.3, 0.4) is 0 Å². The zero-order chi connectivity index (χ0) is 15.4. The molecule has 2 aromatic rings. The quantitative estimate of drug-likeness (QED) is 0.785. The lowest BCUT2D eigenvalue weighted by atomic mass is 10.3. The molecule has 2 rings (SSSR count). The van der Waals surface area contributed by atoms with E-state index in [0.717, 1.165) is 4.47 Å². The van der Waals surface area contributed by atoms with E-state index >= 15 is 0 Å². The highest BCUT2D eigenvalue weighted by Gasteiger charge is 2.16. The van der Waals surface area contributed by atoms with Crippen molar-refractivity contribution < 1.29 is 9.53 Å². The first-order valence-electron chi connectivity index (χ1n) is 6.14. The maximum atomic E-state index is 12.1. The van der Waals surface area contributed by atoms with Crippen molar-refractivity contribution in [3.05, 3.63) is 57.0 Å². The monoisotopic (exact) mass is 387 g/mol. The van der Waals surface area contributed by atoms with Gasteiger partial charge in [0.25, 0.3) is 5.91 Å².